The summed E-state index contributed by atoms with van der Waals surface area (Å²) >= 11 is 0. The predicted molar refractivity (Wildman–Crippen MR) is 46.4 cm³/mol. The van der Waals surface area contributed by atoms with Crippen LogP contribution in [-0.2, 0) is 0 Å². The second-order valence-corrected chi connectivity index (χ2v) is 3.50. The van der Waals surface area contributed by atoms with Gasteiger partial charge in [0.25, 0.3) is 0 Å². The number of allylic oxidation sites excluding steroid dienone is 1. The van der Waals surface area contributed by atoms with Crippen LogP contribution in [-0.4, -0.2) is 17.5 Å². The minimum atomic E-state index is -0.276. The fourth-order valence-corrected chi connectivity index (χ4v) is 2.17. The molecule has 0 saturated heterocycles. The molecule has 66 valence electrons. The molecule has 0 radical (unpaired) electrons. The van der Waals surface area contributed by atoms with E-state index in [0.29, 0.717) is 0 Å². The second-order valence-electron chi connectivity index (χ2n) is 3.50. The lowest BCUT2D eigenvalue weighted by molar-refractivity contribution is 0.222. The highest BCUT2D eigenvalue weighted by atomic mass is 16.2. The van der Waals surface area contributed by atoms with Crippen molar-refractivity contribution < 1.29 is 4.79 Å². The molecule has 2 aliphatic rings. The van der Waals surface area contributed by atoms with Gasteiger partial charge in [0, 0.05) is 12.2 Å². The van der Waals surface area contributed by atoms with E-state index in [2.05, 4.69) is 0 Å². The Morgan fingerprint density at radius 2 is 2.00 bits per heavy atom. The van der Waals surface area contributed by atoms with Gasteiger partial charge < -0.3 is 5.73 Å². The molecular formula is C9H14N2O. The summed E-state index contributed by atoms with van der Waals surface area (Å²) in [7, 11) is 0. The van der Waals surface area contributed by atoms with Gasteiger partial charge in [0.1, 0.15) is 0 Å². The highest BCUT2D eigenvalue weighted by Crippen LogP contribution is 2.34. The van der Waals surface area contributed by atoms with Gasteiger partial charge in [-0.05, 0) is 37.7 Å². The Morgan fingerprint density at radius 1 is 1.25 bits per heavy atom. The van der Waals surface area contributed by atoms with E-state index in [1.165, 1.54) is 30.5 Å². The van der Waals surface area contributed by atoms with Gasteiger partial charge >= 0.3 is 6.03 Å². The molecule has 0 spiro atoms. The van der Waals surface area contributed by atoms with Crippen LogP contribution < -0.4 is 5.73 Å². The van der Waals surface area contributed by atoms with E-state index >= 15 is 0 Å². The van der Waals surface area contributed by atoms with Crippen LogP contribution in [0.3, 0.4) is 0 Å². The zero-order valence-electron chi connectivity index (χ0n) is 7.18. The molecule has 2 amide bonds. The van der Waals surface area contributed by atoms with Crippen molar-refractivity contribution in [3.05, 3.63) is 11.3 Å². The van der Waals surface area contributed by atoms with E-state index in [4.69, 9.17) is 5.73 Å². The third-order valence-electron chi connectivity index (χ3n) is 2.78. The molecule has 1 aliphatic heterocycles. The van der Waals surface area contributed by atoms with Gasteiger partial charge in [-0.15, -0.1) is 0 Å². The number of amides is 2. The SMILES string of the molecule is NC(=O)N1CCC2=C1CCCC2. The Morgan fingerprint density at radius 3 is 2.75 bits per heavy atom. The van der Waals surface area contributed by atoms with Crippen molar-refractivity contribution in [3.8, 4) is 0 Å². The van der Waals surface area contributed by atoms with E-state index < -0.39 is 0 Å². The maximum absolute atomic E-state index is 11.0. The first kappa shape index (κ1) is 7.65. The third-order valence-corrected chi connectivity index (χ3v) is 2.78. The van der Waals surface area contributed by atoms with Crippen LogP contribution in [0.1, 0.15) is 32.1 Å². The molecule has 0 aromatic heterocycles. The summed E-state index contributed by atoms with van der Waals surface area (Å²) in [6, 6.07) is -0.276. The topological polar surface area (TPSA) is 46.3 Å². The molecule has 0 atom stereocenters. The molecule has 0 aromatic rings. The minimum absolute atomic E-state index is 0.276. The van der Waals surface area contributed by atoms with Gasteiger partial charge in [-0.2, -0.15) is 0 Å². The Kier molecular flexibility index (Phi) is 1.79. The van der Waals surface area contributed by atoms with Crippen molar-refractivity contribution >= 4 is 6.03 Å². The largest absolute Gasteiger partial charge is 0.351 e. The van der Waals surface area contributed by atoms with Gasteiger partial charge in [0.2, 0.25) is 0 Å². The van der Waals surface area contributed by atoms with E-state index in [-0.39, 0.29) is 6.03 Å². The number of rotatable bonds is 0. The maximum Gasteiger partial charge on any atom is 0.319 e. The molecule has 1 aliphatic carbocycles. The fourth-order valence-electron chi connectivity index (χ4n) is 2.17. The number of urea groups is 1. The first-order valence-corrected chi connectivity index (χ1v) is 4.57. The molecule has 3 nitrogen and oxygen atoms in total. The molecule has 3 heteroatoms. The van der Waals surface area contributed by atoms with Gasteiger partial charge in [-0.25, -0.2) is 4.79 Å². The lowest BCUT2D eigenvalue weighted by Crippen LogP contribution is -2.33. The minimum Gasteiger partial charge on any atom is -0.351 e. The normalized spacial score (nSPS) is 22.8. The Hall–Kier alpha value is -0.990. The second kappa shape index (κ2) is 2.81. The summed E-state index contributed by atoms with van der Waals surface area (Å²) in [5.74, 6) is 0. The van der Waals surface area contributed by atoms with Crippen molar-refractivity contribution in [1.82, 2.24) is 4.90 Å². The quantitative estimate of drug-likeness (QED) is 0.583. The molecule has 2 N–H and O–H groups in total. The Labute approximate surface area is 72.2 Å². The molecule has 0 aromatic carbocycles. The van der Waals surface area contributed by atoms with Crippen molar-refractivity contribution in [3.63, 3.8) is 0 Å². The highest BCUT2D eigenvalue weighted by Gasteiger charge is 2.26. The van der Waals surface area contributed by atoms with Crippen LogP contribution in [0.5, 0.6) is 0 Å². The number of nitrogens with two attached hydrogens (primary N) is 1. The fraction of sp³-hybridized carbons (Fsp3) is 0.667. The molecular weight excluding hydrogens is 152 g/mol. The van der Waals surface area contributed by atoms with Crippen molar-refractivity contribution in [2.75, 3.05) is 6.54 Å². The molecule has 0 fully saturated rings. The van der Waals surface area contributed by atoms with E-state index in [1.807, 2.05) is 0 Å². The van der Waals surface area contributed by atoms with Crippen molar-refractivity contribution in [2.45, 2.75) is 32.1 Å². The summed E-state index contributed by atoms with van der Waals surface area (Å²) in [5, 5.41) is 0. The number of carbonyl (C=O) groups excluding carboxylic acids is 1. The van der Waals surface area contributed by atoms with Gasteiger partial charge in [0.05, 0.1) is 0 Å². The summed E-state index contributed by atoms with van der Waals surface area (Å²) in [6.45, 7) is 0.819. The monoisotopic (exact) mass is 166 g/mol. The molecule has 12 heavy (non-hydrogen) atoms. The molecule has 1 heterocycles. The van der Waals surface area contributed by atoms with Crippen LogP contribution in [0.4, 0.5) is 4.79 Å². The molecule has 2 rings (SSSR count). The van der Waals surface area contributed by atoms with E-state index in [0.717, 1.165) is 19.4 Å². The lowest BCUT2D eigenvalue weighted by atomic mass is 9.97. The average Bonchev–Trinajstić information content (AvgIpc) is 2.47. The summed E-state index contributed by atoms with van der Waals surface area (Å²) in [4.78, 5) is 12.7. The van der Waals surface area contributed by atoms with E-state index in [1.54, 1.807) is 4.90 Å². The molecule has 0 saturated carbocycles. The van der Waals surface area contributed by atoms with Gasteiger partial charge in [-0.1, -0.05) is 0 Å². The number of carbonyl (C=O) groups is 1. The van der Waals surface area contributed by atoms with Crippen molar-refractivity contribution in [2.24, 2.45) is 5.73 Å². The first-order chi connectivity index (χ1) is 5.79. The number of hydrogen-bond donors (Lipinski definition) is 1. The number of nitrogens with zero attached hydrogens (tertiary/aromatic N) is 1. The Bertz CT molecular complexity index is 245. The average molecular weight is 166 g/mol. The zero-order valence-corrected chi connectivity index (χ0v) is 7.18. The smallest absolute Gasteiger partial charge is 0.319 e. The third kappa shape index (κ3) is 1.09. The summed E-state index contributed by atoms with van der Waals surface area (Å²) in [5.41, 5.74) is 7.96. The zero-order chi connectivity index (χ0) is 8.55. The van der Waals surface area contributed by atoms with Crippen LogP contribution in [0.25, 0.3) is 0 Å². The van der Waals surface area contributed by atoms with Crippen molar-refractivity contribution in [1.29, 1.82) is 0 Å². The maximum atomic E-state index is 11.0. The van der Waals surface area contributed by atoms with Gasteiger partial charge in [-0.3, -0.25) is 4.90 Å². The predicted octanol–water partition coefficient (Wildman–Crippen LogP) is 1.60. The number of primary amides is 1. The van der Waals surface area contributed by atoms with Crippen LogP contribution >= 0.6 is 0 Å². The lowest BCUT2D eigenvalue weighted by Gasteiger charge is -2.20. The Balaban J connectivity index is 2.21. The standard InChI is InChI=1S/C9H14N2O/c10-9(12)11-6-5-7-3-1-2-4-8(7)11/h1-6H2,(H2,10,12). The number of hydrogen-bond acceptors (Lipinski definition) is 1. The highest BCUT2D eigenvalue weighted by molar-refractivity contribution is 5.75. The molecule has 0 unspecified atom stereocenters. The van der Waals surface area contributed by atoms with Crippen LogP contribution in [0, 0.1) is 0 Å². The van der Waals surface area contributed by atoms with Gasteiger partial charge in [0.15, 0.2) is 0 Å². The van der Waals surface area contributed by atoms with Crippen LogP contribution in [0.15, 0.2) is 11.3 Å². The summed E-state index contributed by atoms with van der Waals surface area (Å²) < 4.78 is 0. The summed E-state index contributed by atoms with van der Waals surface area (Å²) in [6.07, 6.45) is 5.78. The molecule has 0 bridgehead atoms. The first-order valence-electron chi connectivity index (χ1n) is 4.57. The van der Waals surface area contributed by atoms with Crippen LogP contribution in [0.2, 0.25) is 0 Å². The van der Waals surface area contributed by atoms with E-state index in [9.17, 15) is 4.79 Å².